The lowest BCUT2D eigenvalue weighted by atomic mass is 10.2. The molecule has 0 aliphatic carbocycles. The number of hydrogen-bond acceptors (Lipinski definition) is 7. The highest BCUT2D eigenvalue weighted by Gasteiger charge is 2.19. The number of hydrogen-bond donors (Lipinski definition) is 1. The van der Waals surface area contributed by atoms with Gasteiger partial charge in [-0.25, -0.2) is 12.8 Å². The van der Waals surface area contributed by atoms with Gasteiger partial charge in [0.1, 0.15) is 5.82 Å². The molecular formula is C21H22FN3O4S2. The summed E-state index contributed by atoms with van der Waals surface area (Å²) in [6.07, 6.45) is 0.897. The summed E-state index contributed by atoms with van der Waals surface area (Å²) in [5, 5.41) is 9.74. The Morgan fingerprint density at radius 1 is 1.10 bits per heavy atom. The fourth-order valence-electron chi connectivity index (χ4n) is 2.59. The van der Waals surface area contributed by atoms with Crippen LogP contribution in [0.15, 0.2) is 62.7 Å². The second-order valence-corrected chi connectivity index (χ2v) is 10.7. The molecule has 10 heteroatoms. The molecule has 7 nitrogen and oxygen atoms in total. The molecule has 164 valence electrons. The first-order valence-electron chi connectivity index (χ1n) is 9.62. The quantitative estimate of drug-likeness (QED) is 0.366. The minimum atomic E-state index is -3.36. The largest absolute Gasteiger partial charge is 0.403 e. The molecule has 1 N–H and O–H groups in total. The van der Waals surface area contributed by atoms with Gasteiger partial charge in [-0.15, -0.1) is 16.9 Å². The summed E-state index contributed by atoms with van der Waals surface area (Å²) in [5.41, 5.74) is 0.548. The Kier molecular flexibility index (Phi) is 7.45. The van der Waals surface area contributed by atoms with Gasteiger partial charge < -0.3 is 4.42 Å². The number of sulfone groups is 1. The van der Waals surface area contributed by atoms with E-state index in [-0.39, 0.29) is 34.9 Å². The molecule has 0 aliphatic heterocycles. The minimum absolute atomic E-state index is 0.0231. The Hall–Kier alpha value is -2.72. The predicted octanol–water partition coefficient (Wildman–Crippen LogP) is 4.57. The third kappa shape index (κ3) is 6.14. The van der Waals surface area contributed by atoms with Crippen LogP contribution in [0.5, 0.6) is 0 Å². The van der Waals surface area contributed by atoms with Crippen LogP contribution in [0.1, 0.15) is 26.7 Å². The minimum Gasteiger partial charge on any atom is -0.403 e. The Bertz CT molecular complexity index is 1130. The van der Waals surface area contributed by atoms with Gasteiger partial charge >= 0.3 is 6.01 Å². The summed E-state index contributed by atoms with van der Waals surface area (Å²) in [6, 6.07) is 12.3. The molecule has 1 amide bonds. The van der Waals surface area contributed by atoms with Crippen molar-refractivity contribution in [1.29, 1.82) is 0 Å². The van der Waals surface area contributed by atoms with Crippen molar-refractivity contribution in [3.05, 3.63) is 54.3 Å². The number of nitrogens with one attached hydrogen (secondary N) is 1. The highest BCUT2D eigenvalue weighted by Crippen LogP contribution is 2.24. The molecule has 0 bridgehead atoms. The topological polar surface area (TPSA) is 102 Å². The van der Waals surface area contributed by atoms with Gasteiger partial charge in [-0.2, -0.15) is 0 Å². The number of carbonyl (C=O) groups is 1. The summed E-state index contributed by atoms with van der Waals surface area (Å²) in [6.45, 7) is 3.25. The Morgan fingerprint density at radius 2 is 1.77 bits per heavy atom. The van der Waals surface area contributed by atoms with Crippen molar-refractivity contribution >= 4 is 33.5 Å². The molecular weight excluding hydrogens is 441 g/mol. The van der Waals surface area contributed by atoms with Gasteiger partial charge in [-0.1, -0.05) is 5.10 Å². The first-order valence-corrected chi connectivity index (χ1v) is 12.1. The van der Waals surface area contributed by atoms with Crippen LogP contribution < -0.4 is 5.32 Å². The van der Waals surface area contributed by atoms with Gasteiger partial charge in [0, 0.05) is 16.9 Å². The molecule has 2 aromatic carbocycles. The standard InChI is InChI=1S/C21H22FN3O4S2/c1-14(2)31(27,28)18-11-5-15(6-12-18)20-24-25-21(29-20)23-19(26)4-3-13-30-17-9-7-16(22)8-10-17/h5-12,14H,3-4,13H2,1-2H3,(H,23,25,26). The summed E-state index contributed by atoms with van der Waals surface area (Å²) >= 11 is 1.54. The second-order valence-electron chi connectivity index (χ2n) is 6.98. The zero-order chi connectivity index (χ0) is 22.4. The number of rotatable bonds is 9. The Labute approximate surface area is 184 Å². The number of aromatic nitrogens is 2. The van der Waals surface area contributed by atoms with Gasteiger partial charge in [0.05, 0.1) is 10.1 Å². The van der Waals surface area contributed by atoms with Crippen molar-refractivity contribution < 1.29 is 22.0 Å². The maximum Gasteiger partial charge on any atom is 0.322 e. The highest BCUT2D eigenvalue weighted by molar-refractivity contribution is 7.99. The van der Waals surface area contributed by atoms with Gasteiger partial charge in [-0.05, 0) is 74.6 Å². The van der Waals surface area contributed by atoms with Crippen LogP contribution in [0.4, 0.5) is 10.4 Å². The van der Waals surface area contributed by atoms with E-state index in [1.54, 1.807) is 49.9 Å². The van der Waals surface area contributed by atoms with E-state index in [1.807, 2.05) is 0 Å². The van der Waals surface area contributed by atoms with E-state index in [0.29, 0.717) is 17.7 Å². The molecule has 3 rings (SSSR count). The first kappa shape index (κ1) is 23.0. The van der Waals surface area contributed by atoms with Crippen molar-refractivity contribution in [1.82, 2.24) is 10.2 Å². The van der Waals surface area contributed by atoms with Crippen molar-refractivity contribution in [3.63, 3.8) is 0 Å². The summed E-state index contributed by atoms with van der Waals surface area (Å²) in [7, 11) is -3.36. The molecule has 31 heavy (non-hydrogen) atoms. The smallest absolute Gasteiger partial charge is 0.322 e. The van der Waals surface area contributed by atoms with Crippen LogP contribution in [-0.4, -0.2) is 35.5 Å². The number of anilines is 1. The molecule has 0 saturated carbocycles. The van der Waals surface area contributed by atoms with Crippen LogP contribution in [0.3, 0.4) is 0 Å². The van der Waals surface area contributed by atoms with E-state index in [4.69, 9.17) is 4.42 Å². The number of thioether (sulfide) groups is 1. The summed E-state index contributed by atoms with van der Waals surface area (Å²) in [4.78, 5) is 13.2. The van der Waals surface area contributed by atoms with Crippen molar-refractivity contribution in [2.45, 2.75) is 41.7 Å². The van der Waals surface area contributed by atoms with Gasteiger partial charge in [0.25, 0.3) is 0 Å². The molecule has 0 spiro atoms. The van der Waals surface area contributed by atoms with E-state index in [0.717, 1.165) is 4.90 Å². The molecule has 1 aromatic heterocycles. The lowest BCUT2D eigenvalue weighted by Gasteiger charge is -2.07. The van der Waals surface area contributed by atoms with Crippen LogP contribution in [-0.2, 0) is 14.6 Å². The second kappa shape index (κ2) is 10.1. The predicted molar refractivity (Wildman–Crippen MR) is 117 cm³/mol. The summed E-state index contributed by atoms with van der Waals surface area (Å²) < 4.78 is 42.7. The monoisotopic (exact) mass is 463 g/mol. The van der Waals surface area contributed by atoms with E-state index >= 15 is 0 Å². The number of benzene rings is 2. The zero-order valence-electron chi connectivity index (χ0n) is 17.0. The molecule has 0 atom stereocenters. The van der Waals surface area contributed by atoms with Gasteiger partial charge in [0.2, 0.25) is 11.8 Å². The lowest BCUT2D eigenvalue weighted by molar-refractivity contribution is -0.116. The maximum atomic E-state index is 12.9. The molecule has 3 aromatic rings. The van der Waals surface area contributed by atoms with E-state index < -0.39 is 15.1 Å². The maximum absolute atomic E-state index is 12.9. The van der Waals surface area contributed by atoms with Crippen LogP contribution >= 0.6 is 11.8 Å². The molecule has 0 radical (unpaired) electrons. The van der Waals surface area contributed by atoms with E-state index in [9.17, 15) is 17.6 Å². The summed E-state index contributed by atoms with van der Waals surface area (Å²) in [5.74, 6) is 0.350. The molecule has 0 saturated heterocycles. The van der Waals surface area contributed by atoms with E-state index in [2.05, 4.69) is 15.5 Å². The highest BCUT2D eigenvalue weighted by atomic mass is 32.2. The van der Waals surface area contributed by atoms with Crippen LogP contribution in [0, 0.1) is 5.82 Å². The third-order valence-electron chi connectivity index (χ3n) is 4.35. The van der Waals surface area contributed by atoms with Crippen molar-refractivity contribution in [2.75, 3.05) is 11.1 Å². The third-order valence-corrected chi connectivity index (χ3v) is 7.62. The van der Waals surface area contributed by atoms with Crippen LogP contribution in [0.25, 0.3) is 11.5 Å². The Balaban J connectivity index is 1.50. The number of carbonyl (C=O) groups excluding carboxylic acids is 1. The van der Waals surface area contributed by atoms with Gasteiger partial charge in [-0.3, -0.25) is 10.1 Å². The van der Waals surface area contributed by atoms with Crippen molar-refractivity contribution in [3.8, 4) is 11.5 Å². The molecule has 0 aliphatic rings. The number of nitrogens with zero attached hydrogens (tertiary/aromatic N) is 2. The Morgan fingerprint density at radius 3 is 2.42 bits per heavy atom. The normalized spacial score (nSPS) is 11.6. The first-order chi connectivity index (χ1) is 14.8. The fraction of sp³-hybridized carbons (Fsp3) is 0.286. The number of amides is 1. The molecule has 0 fully saturated rings. The number of halogens is 1. The SMILES string of the molecule is CC(C)S(=O)(=O)c1ccc(-c2nnc(NC(=O)CCCSc3ccc(F)cc3)o2)cc1. The van der Waals surface area contributed by atoms with Gasteiger partial charge in [0.15, 0.2) is 9.84 Å². The van der Waals surface area contributed by atoms with Crippen molar-refractivity contribution in [2.24, 2.45) is 0 Å². The van der Waals surface area contributed by atoms with E-state index in [1.165, 1.54) is 24.3 Å². The molecule has 1 heterocycles. The lowest BCUT2D eigenvalue weighted by Crippen LogP contribution is -2.13. The van der Waals surface area contributed by atoms with Crippen LogP contribution in [0.2, 0.25) is 0 Å². The molecule has 0 unspecified atom stereocenters. The zero-order valence-corrected chi connectivity index (χ0v) is 18.7. The average Bonchev–Trinajstić information content (AvgIpc) is 3.21. The fourth-order valence-corrected chi connectivity index (χ4v) is 4.50. The average molecular weight is 464 g/mol.